The Labute approximate surface area is 152 Å². The zero-order valence-corrected chi connectivity index (χ0v) is 15.6. The van der Waals surface area contributed by atoms with E-state index in [9.17, 15) is 13.2 Å². The molecule has 2 aromatic rings. The molecule has 7 nitrogen and oxygen atoms in total. The summed E-state index contributed by atoms with van der Waals surface area (Å²) in [5.41, 5.74) is 3.65. The number of anilines is 1. The van der Waals surface area contributed by atoms with Gasteiger partial charge in [0.25, 0.3) is 0 Å². The summed E-state index contributed by atoms with van der Waals surface area (Å²) in [4.78, 5) is 12.2. The molecular formula is C18H20N2O5S. The number of hydrogen-bond donors (Lipinski definition) is 2. The van der Waals surface area contributed by atoms with Crippen LogP contribution in [-0.2, 0) is 14.8 Å². The van der Waals surface area contributed by atoms with Gasteiger partial charge in [0.15, 0.2) is 11.5 Å². The van der Waals surface area contributed by atoms with Gasteiger partial charge in [-0.05, 0) is 44.0 Å². The molecule has 0 fully saturated rings. The maximum Gasteiger partial charge on any atom is 0.241 e. The highest BCUT2D eigenvalue weighted by Gasteiger charge is 2.21. The Hall–Kier alpha value is -2.58. The zero-order valence-electron chi connectivity index (χ0n) is 14.8. The van der Waals surface area contributed by atoms with Crippen molar-refractivity contribution in [2.45, 2.75) is 25.7 Å². The van der Waals surface area contributed by atoms with E-state index in [2.05, 4.69) is 10.0 Å². The van der Waals surface area contributed by atoms with Gasteiger partial charge in [-0.15, -0.1) is 0 Å². The van der Waals surface area contributed by atoms with Crippen LogP contribution in [0, 0.1) is 20.8 Å². The summed E-state index contributed by atoms with van der Waals surface area (Å²) in [6.07, 6.45) is 0. The lowest BCUT2D eigenvalue weighted by molar-refractivity contribution is -0.115. The van der Waals surface area contributed by atoms with E-state index in [1.807, 2.05) is 32.9 Å². The summed E-state index contributed by atoms with van der Waals surface area (Å²) >= 11 is 0. The number of fused-ring (bicyclic) bond motifs is 1. The molecule has 1 aliphatic rings. The normalized spacial score (nSPS) is 12.9. The van der Waals surface area contributed by atoms with Gasteiger partial charge >= 0.3 is 0 Å². The molecule has 0 atom stereocenters. The average molecular weight is 376 g/mol. The van der Waals surface area contributed by atoms with Gasteiger partial charge in [0.2, 0.25) is 22.7 Å². The Kier molecular flexibility index (Phi) is 4.88. The Morgan fingerprint density at radius 2 is 1.69 bits per heavy atom. The van der Waals surface area contributed by atoms with E-state index in [0.717, 1.165) is 16.7 Å². The van der Waals surface area contributed by atoms with E-state index in [4.69, 9.17) is 9.47 Å². The molecule has 1 amide bonds. The third-order valence-corrected chi connectivity index (χ3v) is 5.42. The Bertz CT molecular complexity index is 947. The van der Waals surface area contributed by atoms with E-state index in [1.54, 1.807) is 0 Å². The summed E-state index contributed by atoms with van der Waals surface area (Å²) in [5.74, 6) is 0.416. The Balaban J connectivity index is 1.67. The summed E-state index contributed by atoms with van der Waals surface area (Å²) in [6.45, 7) is 5.46. The lowest BCUT2D eigenvalue weighted by atomic mass is 10.1. The van der Waals surface area contributed by atoms with Crippen LogP contribution in [0.25, 0.3) is 0 Å². The van der Waals surface area contributed by atoms with Gasteiger partial charge < -0.3 is 14.8 Å². The highest BCUT2D eigenvalue weighted by molar-refractivity contribution is 7.89. The summed E-state index contributed by atoms with van der Waals surface area (Å²) in [5, 5.41) is 2.76. The average Bonchev–Trinajstić information content (AvgIpc) is 3.04. The maximum absolute atomic E-state index is 12.4. The van der Waals surface area contributed by atoms with Crippen molar-refractivity contribution in [3.63, 3.8) is 0 Å². The van der Waals surface area contributed by atoms with Crippen molar-refractivity contribution >= 4 is 21.6 Å². The molecule has 0 saturated carbocycles. The van der Waals surface area contributed by atoms with E-state index in [1.165, 1.54) is 18.2 Å². The second-order valence-electron chi connectivity index (χ2n) is 6.16. The standard InChI is InChI=1S/C18H20N2O5S/c1-11-6-12(2)18(13(3)7-11)20-17(21)9-19-26(22,23)14-4-5-15-16(8-14)25-10-24-15/h4-8,19H,9-10H2,1-3H3,(H,20,21). The first-order chi connectivity index (χ1) is 12.3. The smallest absolute Gasteiger partial charge is 0.241 e. The van der Waals surface area contributed by atoms with Crippen LogP contribution in [0.2, 0.25) is 0 Å². The molecule has 138 valence electrons. The topological polar surface area (TPSA) is 93.7 Å². The second kappa shape index (κ2) is 6.97. The van der Waals surface area contributed by atoms with Crippen molar-refractivity contribution in [2.75, 3.05) is 18.7 Å². The molecule has 0 radical (unpaired) electrons. The molecule has 2 N–H and O–H groups in total. The van der Waals surface area contributed by atoms with Gasteiger partial charge in [0, 0.05) is 11.8 Å². The van der Waals surface area contributed by atoms with Crippen molar-refractivity contribution in [3.8, 4) is 11.5 Å². The number of sulfonamides is 1. The van der Waals surface area contributed by atoms with Crippen molar-refractivity contribution in [3.05, 3.63) is 47.0 Å². The summed E-state index contributed by atoms with van der Waals surface area (Å²) in [7, 11) is -3.84. The molecule has 26 heavy (non-hydrogen) atoms. The molecule has 0 aromatic heterocycles. The molecule has 0 bridgehead atoms. The predicted octanol–water partition coefficient (Wildman–Crippen LogP) is 2.26. The number of carbonyl (C=O) groups excluding carboxylic acids is 1. The van der Waals surface area contributed by atoms with E-state index >= 15 is 0 Å². The van der Waals surface area contributed by atoms with Gasteiger partial charge in [0.1, 0.15) is 0 Å². The van der Waals surface area contributed by atoms with Crippen LogP contribution in [0.5, 0.6) is 11.5 Å². The number of nitrogens with one attached hydrogen (secondary N) is 2. The number of benzene rings is 2. The molecule has 0 saturated heterocycles. The first-order valence-corrected chi connectivity index (χ1v) is 9.51. The highest BCUT2D eigenvalue weighted by atomic mass is 32.2. The molecule has 3 rings (SSSR count). The Morgan fingerprint density at radius 3 is 2.38 bits per heavy atom. The molecule has 0 aliphatic carbocycles. The third kappa shape index (κ3) is 3.81. The van der Waals surface area contributed by atoms with E-state index in [-0.39, 0.29) is 18.2 Å². The minimum absolute atomic E-state index is 0.0113. The van der Waals surface area contributed by atoms with Crippen molar-refractivity contribution in [1.82, 2.24) is 4.72 Å². The van der Waals surface area contributed by atoms with Crippen molar-refractivity contribution in [2.24, 2.45) is 0 Å². The highest BCUT2D eigenvalue weighted by Crippen LogP contribution is 2.33. The second-order valence-corrected chi connectivity index (χ2v) is 7.93. The SMILES string of the molecule is Cc1cc(C)c(NC(=O)CNS(=O)(=O)c2ccc3c(c2)OCO3)c(C)c1. The molecular weight excluding hydrogens is 356 g/mol. The number of amides is 1. The van der Waals surface area contributed by atoms with Crippen LogP contribution in [0.1, 0.15) is 16.7 Å². The van der Waals surface area contributed by atoms with Crippen molar-refractivity contribution < 1.29 is 22.7 Å². The number of aryl methyl sites for hydroxylation is 3. The van der Waals surface area contributed by atoms with Gasteiger partial charge in [0.05, 0.1) is 11.4 Å². The monoisotopic (exact) mass is 376 g/mol. The van der Waals surface area contributed by atoms with Crippen molar-refractivity contribution in [1.29, 1.82) is 0 Å². The molecule has 0 spiro atoms. The molecule has 1 heterocycles. The Morgan fingerprint density at radius 1 is 1.04 bits per heavy atom. The fourth-order valence-corrected chi connectivity index (χ4v) is 3.85. The first kappa shape index (κ1) is 18.2. The summed E-state index contributed by atoms with van der Waals surface area (Å²) in [6, 6.07) is 8.22. The number of hydrogen-bond acceptors (Lipinski definition) is 5. The lowest BCUT2D eigenvalue weighted by Gasteiger charge is -2.13. The van der Waals surface area contributed by atoms with E-state index < -0.39 is 15.9 Å². The van der Waals surface area contributed by atoms with Gasteiger partial charge in [-0.2, -0.15) is 0 Å². The number of ether oxygens (including phenoxy) is 2. The van der Waals surface area contributed by atoms with Crippen LogP contribution in [0.3, 0.4) is 0 Å². The fourth-order valence-electron chi connectivity index (χ4n) is 2.85. The molecule has 1 aliphatic heterocycles. The quantitative estimate of drug-likeness (QED) is 0.835. The zero-order chi connectivity index (χ0) is 18.9. The molecule has 2 aromatic carbocycles. The van der Waals surface area contributed by atoms with Crippen LogP contribution in [0.4, 0.5) is 5.69 Å². The molecule has 8 heteroatoms. The van der Waals surface area contributed by atoms with Crippen LogP contribution < -0.4 is 19.5 Å². The van der Waals surface area contributed by atoms with Gasteiger partial charge in [-0.3, -0.25) is 4.79 Å². The van der Waals surface area contributed by atoms with Crippen LogP contribution >= 0.6 is 0 Å². The number of rotatable bonds is 5. The van der Waals surface area contributed by atoms with Crippen LogP contribution in [-0.4, -0.2) is 27.7 Å². The van der Waals surface area contributed by atoms with Gasteiger partial charge in [-0.25, -0.2) is 13.1 Å². The minimum Gasteiger partial charge on any atom is -0.454 e. The van der Waals surface area contributed by atoms with Gasteiger partial charge in [-0.1, -0.05) is 17.7 Å². The predicted molar refractivity (Wildman–Crippen MR) is 97.0 cm³/mol. The largest absolute Gasteiger partial charge is 0.454 e. The summed E-state index contributed by atoms with van der Waals surface area (Å²) < 4.78 is 37.4. The van der Waals surface area contributed by atoms with E-state index in [0.29, 0.717) is 17.2 Å². The van der Waals surface area contributed by atoms with Crippen LogP contribution in [0.15, 0.2) is 35.2 Å². The maximum atomic E-state index is 12.4. The minimum atomic E-state index is -3.84. The lowest BCUT2D eigenvalue weighted by Crippen LogP contribution is -2.33. The number of carbonyl (C=O) groups is 1. The fraction of sp³-hybridized carbons (Fsp3) is 0.278. The first-order valence-electron chi connectivity index (χ1n) is 8.03. The molecule has 0 unspecified atom stereocenters. The third-order valence-electron chi connectivity index (χ3n) is 4.02.